The van der Waals surface area contributed by atoms with Crippen molar-refractivity contribution in [3.8, 4) is 0 Å². The monoisotopic (exact) mass is 291 g/mol. The van der Waals surface area contributed by atoms with Crippen molar-refractivity contribution in [2.45, 2.75) is 37.5 Å². The van der Waals surface area contributed by atoms with Crippen LogP contribution in [0.2, 0.25) is 0 Å². The highest BCUT2D eigenvalue weighted by atomic mass is 32.1. The van der Waals surface area contributed by atoms with Crippen LogP contribution in [0.4, 0.5) is 0 Å². The van der Waals surface area contributed by atoms with Crippen LogP contribution in [0, 0.1) is 0 Å². The van der Waals surface area contributed by atoms with Crippen molar-refractivity contribution in [2.75, 3.05) is 0 Å². The molecule has 0 aliphatic rings. The van der Waals surface area contributed by atoms with E-state index in [1.165, 1.54) is 0 Å². The van der Waals surface area contributed by atoms with E-state index < -0.39 is 6.10 Å². The van der Waals surface area contributed by atoms with E-state index in [2.05, 4.69) is 4.98 Å². The van der Waals surface area contributed by atoms with E-state index in [1.54, 1.807) is 17.5 Å². The zero-order valence-corrected chi connectivity index (χ0v) is 12.2. The molecule has 0 aliphatic carbocycles. The van der Waals surface area contributed by atoms with Gasteiger partial charge in [-0.1, -0.05) is 30.3 Å². The maximum atomic E-state index is 10.2. The highest BCUT2D eigenvalue weighted by Gasteiger charge is 2.19. The molecule has 108 valence electrons. The van der Waals surface area contributed by atoms with Crippen molar-refractivity contribution in [1.29, 1.82) is 0 Å². The topological polar surface area (TPSA) is 85.2 Å². The Hall–Kier alpha value is -1.27. The zero-order chi connectivity index (χ0) is 14.4. The van der Waals surface area contributed by atoms with Gasteiger partial charge < -0.3 is 16.6 Å². The van der Waals surface area contributed by atoms with Gasteiger partial charge in [0.2, 0.25) is 0 Å². The van der Waals surface area contributed by atoms with Gasteiger partial charge in [-0.3, -0.25) is 0 Å². The predicted molar refractivity (Wildman–Crippen MR) is 82.5 cm³/mol. The average molecular weight is 291 g/mol. The lowest BCUT2D eigenvalue weighted by Crippen LogP contribution is -2.41. The molecule has 3 atom stereocenters. The summed E-state index contributed by atoms with van der Waals surface area (Å²) in [6.07, 6.45) is 3.02. The summed E-state index contributed by atoms with van der Waals surface area (Å²) in [5, 5.41) is 13.1. The van der Waals surface area contributed by atoms with Crippen molar-refractivity contribution in [2.24, 2.45) is 11.5 Å². The molecule has 2 rings (SSSR count). The standard InChI is InChI=1S/C15H21N3OS/c16-12(10-15-18-6-7-20-15)9-14(19)13(17)8-11-4-2-1-3-5-11/h1-7,12-14,19H,8-10,16-17H2/t12-,13-,14-/m0/s1. The van der Waals surface area contributed by atoms with Crippen LogP contribution in [0.1, 0.15) is 17.0 Å². The molecule has 0 amide bonds. The summed E-state index contributed by atoms with van der Waals surface area (Å²) in [6.45, 7) is 0. The first-order valence-corrected chi connectivity index (χ1v) is 7.64. The Morgan fingerprint density at radius 1 is 1.15 bits per heavy atom. The SMILES string of the molecule is N[C@H](Cc1nccs1)C[C@H](O)[C@@H](N)Cc1ccccc1. The summed E-state index contributed by atoms with van der Waals surface area (Å²) in [5.74, 6) is 0. The lowest BCUT2D eigenvalue weighted by atomic mass is 9.96. The minimum atomic E-state index is -0.592. The molecule has 20 heavy (non-hydrogen) atoms. The van der Waals surface area contributed by atoms with Crippen molar-refractivity contribution < 1.29 is 5.11 Å². The predicted octanol–water partition coefficient (Wildman–Crippen LogP) is 1.33. The van der Waals surface area contributed by atoms with Gasteiger partial charge in [0.25, 0.3) is 0 Å². The summed E-state index contributed by atoms with van der Waals surface area (Å²) >= 11 is 1.59. The fourth-order valence-corrected chi connectivity index (χ4v) is 2.88. The van der Waals surface area contributed by atoms with Crippen LogP contribution in [0.25, 0.3) is 0 Å². The number of thiazole rings is 1. The number of hydrogen-bond donors (Lipinski definition) is 3. The minimum Gasteiger partial charge on any atom is -0.391 e. The number of aliphatic hydroxyl groups is 1. The maximum absolute atomic E-state index is 10.2. The van der Waals surface area contributed by atoms with Gasteiger partial charge in [-0.25, -0.2) is 4.98 Å². The Kier molecular flexibility index (Phi) is 5.67. The first kappa shape index (κ1) is 15.1. The van der Waals surface area contributed by atoms with Crippen LogP contribution in [0.3, 0.4) is 0 Å². The van der Waals surface area contributed by atoms with Gasteiger partial charge in [-0.15, -0.1) is 11.3 Å². The number of nitrogens with zero attached hydrogens (tertiary/aromatic N) is 1. The van der Waals surface area contributed by atoms with Gasteiger partial charge in [0.05, 0.1) is 11.1 Å². The van der Waals surface area contributed by atoms with Gasteiger partial charge in [-0.2, -0.15) is 0 Å². The zero-order valence-electron chi connectivity index (χ0n) is 11.4. The lowest BCUT2D eigenvalue weighted by molar-refractivity contribution is 0.126. The number of aromatic nitrogens is 1. The molecule has 0 unspecified atom stereocenters. The molecule has 0 spiro atoms. The number of nitrogens with two attached hydrogens (primary N) is 2. The van der Waals surface area contributed by atoms with Crippen molar-refractivity contribution in [3.63, 3.8) is 0 Å². The van der Waals surface area contributed by atoms with Crippen molar-refractivity contribution >= 4 is 11.3 Å². The third-order valence-electron chi connectivity index (χ3n) is 3.27. The fourth-order valence-electron chi connectivity index (χ4n) is 2.17. The lowest BCUT2D eigenvalue weighted by Gasteiger charge is -2.21. The van der Waals surface area contributed by atoms with E-state index in [9.17, 15) is 5.11 Å². The molecule has 0 saturated carbocycles. The van der Waals surface area contributed by atoms with Crippen LogP contribution in [0.5, 0.6) is 0 Å². The van der Waals surface area contributed by atoms with E-state index in [-0.39, 0.29) is 12.1 Å². The second-order valence-corrected chi connectivity index (χ2v) is 6.03. The molecule has 1 heterocycles. The number of benzene rings is 1. The smallest absolute Gasteiger partial charge is 0.0940 e. The molecule has 0 fully saturated rings. The highest BCUT2D eigenvalue weighted by Crippen LogP contribution is 2.12. The van der Waals surface area contributed by atoms with Crippen LogP contribution in [0.15, 0.2) is 41.9 Å². The summed E-state index contributed by atoms with van der Waals surface area (Å²) in [7, 11) is 0. The first-order chi connectivity index (χ1) is 9.65. The van der Waals surface area contributed by atoms with E-state index in [1.807, 2.05) is 35.7 Å². The highest BCUT2D eigenvalue weighted by molar-refractivity contribution is 7.09. The number of rotatable bonds is 7. The molecule has 1 aromatic heterocycles. The Morgan fingerprint density at radius 2 is 1.90 bits per heavy atom. The fraction of sp³-hybridized carbons (Fsp3) is 0.400. The van der Waals surface area contributed by atoms with Gasteiger partial charge in [-0.05, 0) is 18.4 Å². The van der Waals surface area contributed by atoms with Gasteiger partial charge in [0.15, 0.2) is 0 Å². The molecule has 0 saturated heterocycles. The summed E-state index contributed by atoms with van der Waals surface area (Å²) in [5.41, 5.74) is 13.2. The molecule has 4 nitrogen and oxygen atoms in total. The van der Waals surface area contributed by atoms with Crippen molar-refractivity contribution in [1.82, 2.24) is 4.98 Å². The normalized spacial score (nSPS) is 15.8. The van der Waals surface area contributed by atoms with E-state index >= 15 is 0 Å². The molecule has 0 radical (unpaired) electrons. The molecule has 0 bridgehead atoms. The second kappa shape index (κ2) is 7.50. The summed E-state index contributed by atoms with van der Waals surface area (Å²) in [4.78, 5) is 4.20. The molecule has 1 aromatic carbocycles. The molecular formula is C15H21N3OS. The molecular weight excluding hydrogens is 270 g/mol. The van der Waals surface area contributed by atoms with Crippen LogP contribution >= 0.6 is 11.3 Å². The van der Waals surface area contributed by atoms with E-state index in [4.69, 9.17) is 11.5 Å². The van der Waals surface area contributed by atoms with E-state index in [0.717, 1.165) is 10.6 Å². The van der Waals surface area contributed by atoms with Crippen LogP contribution in [-0.4, -0.2) is 28.3 Å². The van der Waals surface area contributed by atoms with Gasteiger partial charge in [0, 0.05) is 30.1 Å². The van der Waals surface area contributed by atoms with Crippen LogP contribution in [-0.2, 0) is 12.8 Å². The second-order valence-electron chi connectivity index (χ2n) is 5.05. The Balaban J connectivity index is 1.80. The maximum Gasteiger partial charge on any atom is 0.0940 e. The third kappa shape index (κ3) is 4.68. The van der Waals surface area contributed by atoms with Crippen molar-refractivity contribution in [3.05, 3.63) is 52.5 Å². The Morgan fingerprint density at radius 3 is 2.55 bits per heavy atom. The Labute approximate surface area is 123 Å². The Bertz CT molecular complexity index is 489. The summed E-state index contributed by atoms with van der Waals surface area (Å²) < 4.78 is 0. The largest absolute Gasteiger partial charge is 0.391 e. The molecule has 5 N–H and O–H groups in total. The first-order valence-electron chi connectivity index (χ1n) is 6.76. The van der Waals surface area contributed by atoms with Crippen LogP contribution < -0.4 is 11.5 Å². The van der Waals surface area contributed by atoms with Gasteiger partial charge >= 0.3 is 0 Å². The third-order valence-corrected chi connectivity index (χ3v) is 4.07. The van der Waals surface area contributed by atoms with E-state index in [0.29, 0.717) is 19.3 Å². The average Bonchev–Trinajstić information content (AvgIpc) is 2.92. The molecule has 0 aliphatic heterocycles. The molecule has 2 aromatic rings. The van der Waals surface area contributed by atoms with Gasteiger partial charge in [0.1, 0.15) is 0 Å². The number of hydrogen-bond acceptors (Lipinski definition) is 5. The quantitative estimate of drug-likeness (QED) is 0.718. The number of aliphatic hydroxyl groups excluding tert-OH is 1. The summed E-state index contributed by atoms with van der Waals surface area (Å²) in [6, 6.07) is 9.54. The minimum absolute atomic E-state index is 0.113. The molecule has 5 heteroatoms.